The van der Waals surface area contributed by atoms with Crippen molar-refractivity contribution in [3.8, 4) is 11.5 Å². The van der Waals surface area contributed by atoms with Gasteiger partial charge in [0.15, 0.2) is 11.5 Å². The highest BCUT2D eigenvalue weighted by atomic mass is 35.5. The maximum atomic E-state index is 12.1. The van der Waals surface area contributed by atoms with Crippen molar-refractivity contribution in [2.45, 2.75) is 10.8 Å². The minimum atomic E-state index is -3.71. The Morgan fingerprint density at radius 2 is 1.89 bits per heavy atom. The molecule has 0 amide bonds. The molecule has 0 aliphatic heterocycles. The number of hydrogen-bond donors (Lipinski definition) is 0. The first kappa shape index (κ1) is 20.7. The van der Waals surface area contributed by atoms with Gasteiger partial charge in [-0.15, -0.1) is 11.3 Å². The predicted molar refractivity (Wildman–Crippen MR) is 113 cm³/mol. The zero-order valence-electron chi connectivity index (χ0n) is 14.6. The Morgan fingerprint density at radius 3 is 2.57 bits per heavy atom. The Labute approximate surface area is 177 Å². The van der Waals surface area contributed by atoms with Crippen LogP contribution in [0.2, 0.25) is 10.0 Å². The summed E-state index contributed by atoms with van der Waals surface area (Å²) in [6.45, 7) is 0.271. The number of halogens is 2. The summed E-state index contributed by atoms with van der Waals surface area (Å²) in [6, 6.07) is 13.5. The van der Waals surface area contributed by atoms with Crippen LogP contribution in [0.25, 0.3) is 0 Å². The van der Waals surface area contributed by atoms with Gasteiger partial charge in [0.25, 0.3) is 10.0 Å². The molecule has 1 aromatic heterocycles. The van der Waals surface area contributed by atoms with Gasteiger partial charge in [0, 0.05) is 6.21 Å². The molecule has 28 heavy (non-hydrogen) atoms. The fourth-order valence-corrected chi connectivity index (χ4v) is 4.43. The first-order chi connectivity index (χ1) is 13.4. The van der Waals surface area contributed by atoms with Crippen LogP contribution in [0.3, 0.4) is 0 Å². The second-order valence-corrected chi connectivity index (χ2v) is 9.21. The number of hydrogen-bond acceptors (Lipinski definition) is 5. The molecule has 0 fully saturated rings. The van der Waals surface area contributed by atoms with Crippen LogP contribution < -0.4 is 9.47 Å². The van der Waals surface area contributed by atoms with E-state index >= 15 is 0 Å². The lowest BCUT2D eigenvalue weighted by Crippen LogP contribution is -1.99. The van der Waals surface area contributed by atoms with Crippen molar-refractivity contribution in [3.05, 3.63) is 75.1 Å². The lowest BCUT2D eigenvalue weighted by Gasteiger charge is -2.11. The molecule has 3 rings (SSSR count). The second-order valence-electron chi connectivity index (χ2n) is 5.59. The van der Waals surface area contributed by atoms with Gasteiger partial charge in [-0.1, -0.05) is 35.3 Å². The minimum Gasteiger partial charge on any atom is -0.493 e. The molecule has 1 heterocycles. The molecule has 0 aliphatic rings. The Balaban J connectivity index is 1.75. The largest absolute Gasteiger partial charge is 0.493 e. The number of methoxy groups -OCH3 is 1. The summed E-state index contributed by atoms with van der Waals surface area (Å²) in [5, 5.41) is 2.61. The van der Waals surface area contributed by atoms with Gasteiger partial charge >= 0.3 is 0 Å². The van der Waals surface area contributed by atoms with E-state index in [9.17, 15) is 8.42 Å². The molecule has 9 heteroatoms. The average molecular weight is 456 g/mol. The van der Waals surface area contributed by atoms with E-state index in [0.29, 0.717) is 27.1 Å². The Hall–Kier alpha value is -2.06. The lowest BCUT2D eigenvalue weighted by atomic mass is 10.2. The van der Waals surface area contributed by atoms with Gasteiger partial charge in [-0.2, -0.15) is 12.8 Å². The van der Waals surface area contributed by atoms with Gasteiger partial charge in [-0.25, -0.2) is 0 Å². The summed E-state index contributed by atoms with van der Waals surface area (Å²) in [4.78, 5) is 0. The zero-order valence-corrected chi connectivity index (χ0v) is 17.8. The molecule has 0 unspecified atom stereocenters. The minimum absolute atomic E-state index is 0.192. The molecule has 0 saturated carbocycles. The van der Waals surface area contributed by atoms with Crippen molar-refractivity contribution in [1.82, 2.24) is 0 Å². The molecule has 0 radical (unpaired) electrons. The highest BCUT2D eigenvalue weighted by Crippen LogP contribution is 2.29. The lowest BCUT2D eigenvalue weighted by molar-refractivity contribution is 0.284. The molecular weight excluding hydrogens is 441 g/mol. The maximum absolute atomic E-state index is 12.1. The average Bonchev–Trinajstić information content (AvgIpc) is 3.23. The molecule has 0 N–H and O–H groups in total. The molecule has 0 bridgehead atoms. The summed E-state index contributed by atoms with van der Waals surface area (Å²) >= 11 is 13.0. The summed E-state index contributed by atoms with van der Waals surface area (Å²) in [6.07, 6.45) is 1.28. The molecule has 0 saturated heterocycles. The third-order valence-corrected chi connectivity index (χ3v) is 7.00. The second kappa shape index (κ2) is 8.96. The number of rotatable bonds is 7. The summed E-state index contributed by atoms with van der Waals surface area (Å²) in [5.74, 6) is 0.962. The van der Waals surface area contributed by atoms with Gasteiger partial charge in [0.05, 0.1) is 17.2 Å². The summed E-state index contributed by atoms with van der Waals surface area (Å²) < 4.78 is 39.3. The van der Waals surface area contributed by atoms with Crippen molar-refractivity contribution in [1.29, 1.82) is 0 Å². The van der Waals surface area contributed by atoms with Gasteiger partial charge in [0.2, 0.25) is 0 Å². The summed E-state index contributed by atoms with van der Waals surface area (Å²) in [5.41, 5.74) is 1.42. The van der Waals surface area contributed by atoms with E-state index in [1.807, 2.05) is 6.07 Å². The topological polar surface area (TPSA) is 65.0 Å². The standard InChI is InChI=1S/C19H15Cl2NO4S2/c1-25-18-10-13(11-22-28(23,24)19-3-2-8-27-19)5-7-17(18)26-12-14-4-6-15(20)16(21)9-14/h2-11H,12H2,1H3/b22-11-. The maximum Gasteiger partial charge on any atom is 0.291 e. The third-order valence-electron chi connectivity index (χ3n) is 3.66. The number of ether oxygens (including phenoxy) is 2. The van der Waals surface area contributed by atoms with Gasteiger partial charge in [0.1, 0.15) is 10.8 Å². The van der Waals surface area contributed by atoms with Crippen molar-refractivity contribution in [2.24, 2.45) is 4.40 Å². The zero-order chi connectivity index (χ0) is 20.1. The fourth-order valence-electron chi connectivity index (χ4n) is 2.27. The van der Waals surface area contributed by atoms with Crippen molar-refractivity contribution < 1.29 is 17.9 Å². The Bertz CT molecular complexity index is 1100. The van der Waals surface area contributed by atoms with E-state index in [-0.39, 0.29) is 10.8 Å². The van der Waals surface area contributed by atoms with Crippen LogP contribution in [-0.2, 0) is 16.6 Å². The molecular formula is C19H15Cl2NO4S2. The number of thiophene rings is 1. The van der Waals surface area contributed by atoms with E-state index in [1.165, 1.54) is 19.4 Å². The van der Waals surface area contributed by atoms with E-state index in [1.54, 1.807) is 41.8 Å². The molecule has 0 atom stereocenters. The van der Waals surface area contributed by atoms with E-state index in [0.717, 1.165) is 16.9 Å². The van der Waals surface area contributed by atoms with Crippen LogP contribution in [0.5, 0.6) is 11.5 Å². The van der Waals surface area contributed by atoms with Gasteiger partial charge in [-0.3, -0.25) is 0 Å². The SMILES string of the molecule is COc1cc(/C=N\S(=O)(=O)c2cccs2)ccc1OCc1ccc(Cl)c(Cl)c1. The van der Waals surface area contributed by atoms with Crippen LogP contribution in [0, 0.1) is 0 Å². The normalized spacial score (nSPS) is 11.7. The van der Waals surface area contributed by atoms with Gasteiger partial charge < -0.3 is 9.47 Å². The smallest absolute Gasteiger partial charge is 0.291 e. The summed E-state index contributed by atoms with van der Waals surface area (Å²) in [7, 11) is -2.20. The number of nitrogens with zero attached hydrogens (tertiary/aromatic N) is 1. The Morgan fingerprint density at radius 1 is 1.07 bits per heavy atom. The van der Waals surface area contributed by atoms with Crippen LogP contribution in [0.4, 0.5) is 0 Å². The Kier molecular flexibility index (Phi) is 6.61. The molecule has 0 aliphatic carbocycles. The monoisotopic (exact) mass is 455 g/mol. The number of benzene rings is 2. The van der Waals surface area contributed by atoms with Crippen molar-refractivity contribution in [2.75, 3.05) is 7.11 Å². The molecule has 2 aromatic carbocycles. The first-order valence-corrected chi connectivity index (χ1v) is 11.1. The number of sulfonamides is 1. The predicted octanol–water partition coefficient (Wildman–Crippen LogP) is 5.45. The van der Waals surface area contributed by atoms with Crippen molar-refractivity contribution >= 4 is 50.8 Å². The van der Waals surface area contributed by atoms with Crippen LogP contribution in [-0.4, -0.2) is 21.7 Å². The highest BCUT2D eigenvalue weighted by Gasteiger charge is 2.13. The highest BCUT2D eigenvalue weighted by molar-refractivity contribution is 7.92. The molecule has 146 valence electrons. The van der Waals surface area contributed by atoms with E-state index < -0.39 is 10.0 Å². The third kappa shape index (κ3) is 5.05. The first-order valence-electron chi connectivity index (χ1n) is 7.97. The van der Waals surface area contributed by atoms with E-state index in [2.05, 4.69) is 4.40 Å². The molecule has 0 spiro atoms. The van der Waals surface area contributed by atoms with E-state index in [4.69, 9.17) is 32.7 Å². The molecule has 3 aromatic rings. The van der Waals surface area contributed by atoms with Crippen LogP contribution in [0.15, 0.2) is 62.5 Å². The van der Waals surface area contributed by atoms with Crippen LogP contribution >= 0.6 is 34.5 Å². The molecule has 5 nitrogen and oxygen atoms in total. The van der Waals surface area contributed by atoms with Crippen LogP contribution in [0.1, 0.15) is 11.1 Å². The van der Waals surface area contributed by atoms with Gasteiger partial charge in [-0.05, 0) is 52.9 Å². The van der Waals surface area contributed by atoms with Crippen molar-refractivity contribution in [3.63, 3.8) is 0 Å². The fraction of sp³-hybridized carbons (Fsp3) is 0.105. The quantitative estimate of drug-likeness (QED) is 0.444.